The number of halogens is 2. The Morgan fingerprint density at radius 2 is 1.25 bits per heavy atom. The molecule has 0 saturated heterocycles. The van der Waals surface area contributed by atoms with E-state index in [9.17, 15) is 0 Å². The molecule has 0 aliphatic heterocycles. The molecule has 0 saturated carbocycles. The van der Waals surface area contributed by atoms with E-state index >= 15 is 0 Å². The van der Waals surface area contributed by atoms with Crippen molar-refractivity contribution in [2.45, 2.75) is 0 Å². The summed E-state index contributed by atoms with van der Waals surface area (Å²) < 4.78 is 0. The standard InChI is InChI=1S/2ClH.H2O.Sn/h2*1H;1H2;/q;;;+2/p-2. The van der Waals surface area contributed by atoms with E-state index in [-0.39, 0.29) is 5.48 Å². The van der Waals surface area contributed by atoms with Crippen LogP contribution in [0.5, 0.6) is 0 Å². The molecule has 0 heterocycles. The van der Waals surface area contributed by atoms with Crippen LogP contribution in [0, 0.1) is 0 Å². The Bertz CT molecular complexity index is 6.00. The van der Waals surface area contributed by atoms with Gasteiger partial charge in [0.1, 0.15) is 0 Å². The SMILES string of the molecule is O.[Cl][Sn][Cl]. The monoisotopic (exact) mass is 208 g/mol. The average molecular weight is 208 g/mol. The Labute approximate surface area is 42.2 Å². The summed E-state index contributed by atoms with van der Waals surface area (Å²) in [4.78, 5) is 0. The van der Waals surface area contributed by atoms with Crippen molar-refractivity contribution in [2.24, 2.45) is 0 Å². The molecule has 0 aromatic heterocycles. The molecule has 2 N–H and O–H groups in total. The molecule has 0 aliphatic carbocycles. The van der Waals surface area contributed by atoms with Crippen molar-refractivity contribution in [3.63, 3.8) is 0 Å². The van der Waals surface area contributed by atoms with E-state index < -0.39 is 18.9 Å². The van der Waals surface area contributed by atoms with Gasteiger partial charge in [-0.2, -0.15) is 0 Å². The Morgan fingerprint density at radius 3 is 1.25 bits per heavy atom. The fraction of sp³-hybridized carbons (Fsp3) is 0. The van der Waals surface area contributed by atoms with Gasteiger partial charge in [-0.3, -0.25) is 0 Å². The molecule has 0 spiro atoms. The van der Waals surface area contributed by atoms with Crippen molar-refractivity contribution < 1.29 is 5.48 Å². The summed E-state index contributed by atoms with van der Waals surface area (Å²) in [7, 11) is 9.87. The molecule has 0 aromatic carbocycles. The minimum absolute atomic E-state index is 0. The van der Waals surface area contributed by atoms with Crippen LogP contribution >= 0.6 is 17.8 Å². The van der Waals surface area contributed by atoms with Gasteiger partial charge in [-0.25, -0.2) is 0 Å². The van der Waals surface area contributed by atoms with Crippen molar-refractivity contribution >= 4 is 36.7 Å². The van der Waals surface area contributed by atoms with Crippen LogP contribution in [0.3, 0.4) is 0 Å². The van der Waals surface area contributed by atoms with Crippen LogP contribution in [0.25, 0.3) is 0 Å². The van der Waals surface area contributed by atoms with Crippen LogP contribution in [-0.2, 0) is 0 Å². The molecule has 1 nitrogen and oxygen atoms in total. The van der Waals surface area contributed by atoms with Crippen LogP contribution in [-0.4, -0.2) is 24.4 Å². The Morgan fingerprint density at radius 1 is 1.25 bits per heavy atom. The summed E-state index contributed by atoms with van der Waals surface area (Å²) in [5.41, 5.74) is 0. The molecule has 26 valence electrons. The molecule has 0 amide bonds. The zero-order valence-electron chi connectivity index (χ0n) is 1.76. The van der Waals surface area contributed by atoms with Crippen molar-refractivity contribution in [1.29, 1.82) is 0 Å². The van der Waals surface area contributed by atoms with E-state index in [0.717, 1.165) is 0 Å². The molecular formula is H2Cl2OSn. The van der Waals surface area contributed by atoms with Gasteiger partial charge in [-0.15, -0.1) is 0 Å². The van der Waals surface area contributed by atoms with Gasteiger partial charge < -0.3 is 5.48 Å². The van der Waals surface area contributed by atoms with E-state index in [4.69, 9.17) is 17.8 Å². The van der Waals surface area contributed by atoms with E-state index in [1.54, 1.807) is 0 Å². The van der Waals surface area contributed by atoms with Crippen LogP contribution in [0.4, 0.5) is 0 Å². The van der Waals surface area contributed by atoms with Gasteiger partial charge in [0.2, 0.25) is 0 Å². The fourth-order valence-electron chi connectivity index (χ4n) is 0. The van der Waals surface area contributed by atoms with Gasteiger partial charge in [-0.05, 0) is 0 Å². The molecule has 0 fully saturated rings. The first-order valence-corrected chi connectivity index (χ1v) is 7.61. The maximum atomic E-state index is 4.93. The molecule has 0 unspecified atom stereocenters. The summed E-state index contributed by atoms with van der Waals surface area (Å²) in [6.07, 6.45) is 0. The molecule has 4 heavy (non-hydrogen) atoms. The Hall–Kier alpha value is 1.34. The zero-order chi connectivity index (χ0) is 2.71. The third-order valence-electron chi connectivity index (χ3n) is 0. The van der Waals surface area contributed by atoms with Crippen molar-refractivity contribution in [3.05, 3.63) is 0 Å². The van der Waals surface area contributed by atoms with Gasteiger partial charge in [0.25, 0.3) is 0 Å². The van der Waals surface area contributed by atoms with Gasteiger partial charge >= 0.3 is 36.7 Å². The Kier molecular flexibility index (Phi) is 19.9. The third kappa shape index (κ3) is 10.2. The number of hydrogen-bond donors (Lipinski definition) is 0. The molecule has 0 aliphatic rings. The van der Waals surface area contributed by atoms with Crippen LogP contribution in [0.1, 0.15) is 0 Å². The Balaban J connectivity index is 0. The van der Waals surface area contributed by atoms with Gasteiger partial charge in [0, 0.05) is 0 Å². The second kappa shape index (κ2) is 8.84. The molecule has 0 aromatic rings. The fourth-order valence-corrected chi connectivity index (χ4v) is 0. The number of rotatable bonds is 0. The van der Waals surface area contributed by atoms with Crippen LogP contribution < -0.4 is 0 Å². The van der Waals surface area contributed by atoms with E-state index in [0.29, 0.717) is 0 Å². The van der Waals surface area contributed by atoms with Crippen molar-refractivity contribution in [3.8, 4) is 0 Å². The average Bonchev–Trinajstić information content (AvgIpc) is 0.918. The topological polar surface area (TPSA) is 31.5 Å². The van der Waals surface area contributed by atoms with Gasteiger partial charge in [0.05, 0.1) is 0 Å². The molecule has 0 bridgehead atoms. The quantitative estimate of drug-likeness (QED) is 0.508. The van der Waals surface area contributed by atoms with Crippen molar-refractivity contribution in [1.82, 2.24) is 0 Å². The summed E-state index contributed by atoms with van der Waals surface area (Å²) >= 11 is -0.826. The first kappa shape index (κ1) is 9.02. The van der Waals surface area contributed by atoms with Gasteiger partial charge in [0.15, 0.2) is 0 Å². The van der Waals surface area contributed by atoms with E-state index in [1.807, 2.05) is 0 Å². The van der Waals surface area contributed by atoms with Crippen LogP contribution in [0.15, 0.2) is 0 Å². The predicted octanol–water partition coefficient (Wildman–Crippen LogP) is 0.173. The summed E-state index contributed by atoms with van der Waals surface area (Å²) in [6, 6.07) is 0. The normalized spacial score (nSPS) is 4.50. The number of hydrogen-bond acceptors (Lipinski definition) is 0. The minimum atomic E-state index is -0.826. The first-order valence-electron chi connectivity index (χ1n) is 0.378. The molecule has 4 heteroatoms. The van der Waals surface area contributed by atoms with Gasteiger partial charge in [-0.1, -0.05) is 0 Å². The van der Waals surface area contributed by atoms with Crippen molar-refractivity contribution in [2.75, 3.05) is 0 Å². The molecule has 0 atom stereocenters. The zero-order valence-corrected chi connectivity index (χ0v) is 6.12. The molecule has 0 rings (SSSR count). The van der Waals surface area contributed by atoms with Crippen LogP contribution in [0.2, 0.25) is 0 Å². The van der Waals surface area contributed by atoms with E-state index in [2.05, 4.69) is 0 Å². The second-order valence-electron chi connectivity index (χ2n) is 0.0714. The molecule has 2 radical (unpaired) electrons. The maximum absolute atomic E-state index is 4.93. The van der Waals surface area contributed by atoms with E-state index in [1.165, 1.54) is 0 Å². The molecular weight excluding hydrogens is 206 g/mol. The summed E-state index contributed by atoms with van der Waals surface area (Å²) in [5.74, 6) is 0. The third-order valence-corrected chi connectivity index (χ3v) is 0. The first-order chi connectivity index (χ1) is 1.41. The second-order valence-corrected chi connectivity index (χ2v) is 4.31. The summed E-state index contributed by atoms with van der Waals surface area (Å²) in [5, 5.41) is 0. The predicted molar refractivity (Wildman–Crippen MR) is 21.1 cm³/mol. The summed E-state index contributed by atoms with van der Waals surface area (Å²) in [6.45, 7) is 0.